The highest BCUT2D eigenvalue weighted by Crippen LogP contribution is 2.11. The molecule has 0 fully saturated rings. The van der Waals surface area contributed by atoms with Crippen LogP contribution in [0.4, 0.5) is 5.69 Å². The van der Waals surface area contributed by atoms with Crippen molar-refractivity contribution in [1.29, 1.82) is 0 Å². The molecule has 1 unspecified atom stereocenters. The second kappa shape index (κ2) is 9.20. The van der Waals surface area contributed by atoms with Gasteiger partial charge in [0.25, 0.3) is 0 Å². The van der Waals surface area contributed by atoms with Gasteiger partial charge in [0.05, 0.1) is 6.10 Å². The van der Waals surface area contributed by atoms with Gasteiger partial charge in [-0.3, -0.25) is 0 Å². The van der Waals surface area contributed by atoms with E-state index in [-0.39, 0.29) is 18.5 Å². The van der Waals surface area contributed by atoms with Crippen LogP contribution in [0.1, 0.15) is 25.3 Å². The van der Waals surface area contributed by atoms with Gasteiger partial charge >= 0.3 is 0 Å². The van der Waals surface area contributed by atoms with E-state index in [1.165, 1.54) is 11.3 Å². The minimum atomic E-state index is -0.221. The molecule has 0 aliphatic rings. The zero-order chi connectivity index (χ0) is 12.7. The smallest absolute Gasteiger partial charge is 0.0664 e. The molecule has 104 valence electrons. The van der Waals surface area contributed by atoms with Crippen LogP contribution < -0.4 is 10.2 Å². The third kappa shape index (κ3) is 6.24. The number of rotatable bonds is 7. The fourth-order valence-electron chi connectivity index (χ4n) is 1.73. The Bertz CT molecular complexity index is 314. The van der Waals surface area contributed by atoms with Crippen molar-refractivity contribution in [1.82, 2.24) is 5.32 Å². The lowest BCUT2D eigenvalue weighted by Gasteiger charge is -2.13. The number of halogens is 1. The highest BCUT2D eigenvalue weighted by atomic mass is 35.5. The van der Waals surface area contributed by atoms with Crippen molar-refractivity contribution in [3.63, 3.8) is 0 Å². The third-order valence-corrected chi connectivity index (χ3v) is 2.78. The standard InChI is InChI=1S/C14H24N2O.ClH/c1-4-5-14(17)11-15-10-12-6-8-13(9-7-12)16(2)3;/h6-9,14-15,17H,4-5,10-11H2,1-3H3;1H. The van der Waals surface area contributed by atoms with Crippen LogP contribution in [0.25, 0.3) is 0 Å². The van der Waals surface area contributed by atoms with Crippen molar-refractivity contribution in [3.05, 3.63) is 29.8 Å². The summed E-state index contributed by atoms with van der Waals surface area (Å²) in [6.07, 6.45) is 1.67. The maximum Gasteiger partial charge on any atom is 0.0664 e. The highest BCUT2D eigenvalue weighted by Gasteiger charge is 2.01. The minimum Gasteiger partial charge on any atom is -0.392 e. The summed E-state index contributed by atoms with van der Waals surface area (Å²) in [6, 6.07) is 8.46. The average molecular weight is 273 g/mol. The first kappa shape index (κ1) is 17.2. The molecule has 1 atom stereocenters. The van der Waals surface area contributed by atoms with Crippen LogP contribution in [0.15, 0.2) is 24.3 Å². The molecule has 0 saturated heterocycles. The third-order valence-electron chi connectivity index (χ3n) is 2.78. The van der Waals surface area contributed by atoms with Crippen molar-refractivity contribution < 1.29 is 5.11 Å². The summed E-state index contributed by atoms with van der Waals surface area (Å²) in [7, 11) is 4.07. The van der Waals surface area contributed by atoms with E-state index in [1.54, 1.807) is 0 Å². The van der Waals surface area contributed by atoms with Crippen molar-refractivity contribution >= 4 is 18.1 Å². The van der Waals surface area contributed by atoms with Crippen molar-refractivity contribution in [2.24, 2.45) is 0 Å². The molecule has 0 radical (unpaired) electrons. The molecule has 1 aromatic carbocycles. The molecular weight excluding hydrogens is 248 g/mol. The largest absolute Gasteiger partial charge is 0.392 e. The quantitative estimate of drug-likeness (QED) is 0.800. The highest BCUT2D eigenvalue weighted by molar-refractivity contribution is 5.85. The molecule has 1 rings (SSSR count). The number of nitrogens with zero attached hydrogens (tertiary/aromatic N) is 1. The van der Waals surface area contributed by atoms with Crippen molar-refractivity contribution in [2.45, 2.75) is 32.4 Å². The normalized spacial score (nSPS) is 11.8. The molecule has 0 aliphatic heterocycles. The number of anilines is 1. The first-order chi connectivity index (χ1) is 8.13. The second-order valence-corrected chi connectivity index (χ2v) is 4.63. The molecule has 2 N–H and O–H groups in total. The van der Waals surface area contributed by atoms with Crippen LogP contribution in [-0.2, 0) is 6.54 Å². The monoisotopic (exact) mass is 272 g/mol. The van der Waals surface area contributed by atoms with Gasteiger partial charge in [-0.2, -0.15) is 0 Å². The van der Waals surface area contributed by atoms with E-state index >= 15 is 0 Å². The molecule has 3 nitrogen and oxygen atoms in total. The molecule has 0 saturated carbocycles. The second-order valence-electron chi connectivity index (χ2n) is 4.63. The van der Waals surface area contributed by atoms with Crippen molar-refractivity contribution in [2.75, 3.05) is 25.5 Å². The Labute approximate surface area is 117 Å². The van der Waals surface area contributed by atoms with E-state index in [4.69, 9.17) is 0 Å². The zero-order valence-corrected chi connectivity index (χ0v) is 12.3. The Hall–Kier alpha value is -0.770. The Balaban J connectivity index is 0.00000289. The Morgan fingerprint density at radius 3 is 2.33 bits per heavy atom. The molecule has 18 heavy (non-hydrogen) atoms. The molecule has 0 bridgehead atoms. The molecule has 0 heterocycles. The van der Waals surface area contributed by atoms with E-state index in [0.29, 0.717) is 6.54 Å². The van der Waals surface area contributed by atoms with Gasteiger partial charge in [0.1, 0.15) is 0 Å². The van der Waals surface area contributed by atoms with Gasteiger partial charge in [0, 0.05) is 32.9 Å². The summed E-state index contributed by atoms with van der Waals surface area (Å²) in [4.78, 5) is 2.09. The number of aliphatic hydroxyl groups is 1. The van der Waals surface area contributed by atoms with Gasteiger partial charge in [-0.05, 0) is 24.1 Å². The lowest BCUT2D eigenvalue weighted by atomic mass is 10.2. The predicted molar refractivity (Wildman–Crippen MR) is 80.6 cm³/mol. The van der Waals surface area contributed by atoms with E-state index in [9.17, 15) is 5.11 Å². The number of hydrogen-bond acceptors (Lipinski definition) is 3. The fourth-order valence-corrected chi connectivity index (χ4v) is 1.73. The van der Waals surface area contributed by atoms with Gasteiger partial charge < -0.3 is 15.3 Å². The molecule has 0 spiro atoms. The van der Waals surface area contributed by atoms with Crippen LogP contribution in [0, 0.1) is 0 Å². The molecule has 0 aromatic heterocycles. The topological polar surface area (TPSA) is 35.5 Å². The molecular formula is C14H25ClN2O. The Morgan fingerprint density at radius 1 is 1.22 bits per heavy atom. The first-order valence-electron chi connectivity index (χ1n) is 6.28. The zero-order valence-electron chi connectivity index (χ0n) is 11.5. The van der Waals surface area contributed by atoms with Crippen LogP contribution in [0.5, 0.6) is 0 Å². The first-order valence-corrected chi connectivity index (χ1v) is 6.28. The Kier molecular flexibility index (Phi) is 8.81. The lowest BCUT2D eigenvalue weighted by molar-refractivity contribution is 0.160. The summed E-state index contributed by atoms with van der Waals surface area (Å²) in [5, 5.41) is 12.8. The summed E-state index contributed by atoms with van der Waals surface area (Å²) in [6.45, 7) is 3.57. The predicted octanol–water partition coefficient (Wildman–Crippen LogP) is 2.43. The summed E-state index contributed by atoms with van der Waals surface area (Å²) in [5.41, 5.74) is 2.46. The van der Waals surface area contributed by atoms with Gasteiger partial charge in [-0.25, -0.2) is 0 Å². The van der Waals surface area contributed by atoms with Crippen LogP contribution in [0.3, 0.4) is 0 Å². The maximum absolute atomic E-state index is 9.57. The molecule has 0 amide bonds. The summed E-state index contributed by atoms with van der Waals surface area (Å²) in [5.74, 6) is 0. The number of benzene rings is 1. The van der Waals surface area contributed by atoms with Gasteiger partial charge in [-0.1, -0.05) is 25.5 Å². The minimum absolute atomic E-state index is 0. The van der Waals surface area contributed by atoms with Gasteiger partial charge in [-0.15, -0.1) is 12.4 Å². The number of nitrogens with one attached hydrogen (secondary N) is 1. The van der Waals surface area contributed by atoms with Crippen LogP contribution in [-0.4, -0.2) is 31.9 Å². The van der Waals surface area contributed by atoms with E-state index in [1.807, 2.05) is 14.1 Å². The molecule has 0 aliphatic carbocycles. The molecule has 1 aromatic rings. The number of aliphatic hydroxyl groups excluding tert-OH is 1. The summed E-state index contributed by atoms with van der Waals surface area (Å²) >= 11 is 0. The lowest BCUT2D eigenvalue weighted by Crippen LogP contribution is -2.26. The van der Waals surface area contributed by atoms with Crippen molar-refractivity contribution in [3.8, 4) is 0 Å². The average Bonchev–Trinajstić information content (AvgIpc) is 2.30. The Morgan fingerprint density at radius 2 is 1.83 bits per heavy atom. The SMILES string of the molecule is CCCC(O)CNCc1ccc(N(C)C)cc1.Cl. The number of hydrogen-bond donors (Lipinski definition) is 2. The van der Waals surface area contributed by atoms with Crippen LogP contribution in [0.2, 0.25) is 0 Å². The van der Waals surface area contributed by atoms with Crippen LogP contribution >= 0.6 is 12.4 Å². The summed E-state index contributed by atoms with van der Waals surface area (Å²) < 4.78 is 0. The van der Waals surface area contributed by atoms with Gasteiger partial charge in [0.15, 0.2) is 0 Å². The van der Waals surface area contributed by atoms with E-state index < -0.39 is 0 Å². The van der Waals surface area contributed by atoms with E-state index in [0.717, 1.165) is 19.4 Å². The van der Waals surface area contributed by atoms with Gasteiger partial charge in [0.2, 0.25) is 0 Å². The van der Waals surface area contributed by atoms with E-state index in [2.05, 4.69) is 41.4 Å². The maximum atomic E-state index is 9.57. The molecule has 4 heteroatoms. The fraction of sp³-hybridized carbons (Fsp3) is 0.571.